The fourth-order valence-electron chi connectivity index (χ4n) is 1.45. The van der Waals surface area contributed by atoms with E-state index >= 15 is 0 Å². The van der Waals surface area contributed by atoms with E-state index in [0.717, 1.165) is 6.42 Å². The lowest BCUT2D eigenvalue weighted by atomic mass is 9.67. The van der Waals surface area contributed by atoms with Crippen molar-refractivity contribution in [2.45, 2.75) is 31.7 Å². The highest BCUT2D eigenvalue weighted by Crippen LogP contribution is 2.44. The van der Waals surface area contributed by atoms with Crippen LogP contribution in [0.3, 0.4) is 0 Å². The zero-order valence-electron chi connectivity index (χ0n) is 7.03. The third-order valence-corrected chi connectivity index (χ3v) is 3.37. The number of hydrogen-bond donors (Lipinski definition) is 1. The third kappa shape index (κ3) is 1.67. The normalized spacial score (nSPS) is 34.9. The number of rotatable bonds is 3. The first-order valence-electron chi connectivity index (χ1n) is 4.02. The van der Waals surface area contributed by atoms with E-state index in [-0.39, 0.29) is 17.5 Å². The van der Waals surface area contributed by atoms with Crippen LogP contribution in [0.4, 0.5) is 4.39 Å². The van der Waals surface area contributed by atoms with Crippen molar-refractivity contribution in [1.29, 1.82) is 0 Å². The molecule has 0 aromatic carbocycles. The summed E-state index contributed by atoms with van der Waals surface area (Å²) in [5.41, 5.74) is 0.136. The second-order valence-corrected chi connectivity index (χ2v) is 4.25. The fraction of sp³-hybridized carbons (Fsp3) is 1.00. The maximum absolute atomic E-state index is 11.8. The van der Waals surface area contributed by atoms with Crippen LogP contribution in [0.2, 0.25) is 0 Å². The predicted molar refractivity (Wildman–Crippen MR) is 45.8 cm³/mol. The average molecular weight is 180 g/mol. The van der Waals surface area contributed by atoms with Crippen LogP contribution < -0.4 is 5.32 Å². The zero-order valence-corrected chi connectivity index (χ0v) is 7.79. The van der Waals surface area contributed by atoms with Gasteiger partial charge in [-0.25, -0.2) is 4.39 Å². The number of alkyl halides is 2. The van der Waals surface area contributed by atoms with Crippen molar-refractivity contribution in [3.63, 3.8) is 0 Å². The molecule has 0 aromatic rings. The highest BCUT2D eigenvalue weighted by Gasteiger charge is 2.46. The van der Waals surface area contributed by atoms with Gasteiger partial charge in [-0.3, -0.25) is 0 Å². The number of hydrogen-bond acceptors (Lipinski definition) is 1. The highest BCUT2D eigenvalue weighted by molar-refractivity contribution is 6.21. The Balaban J connectivity index is 2.28. The molecule has 0 heterocycles. The summed E-state index contributed by atoms with van der Waals surface area (Å²) in [4.78, 5) is 0. The van der Waals surface area contributed by atoms with Crippen LogP contribution in [-0.2, 0) is 0 Å². The molecule has 1 N–H and O–H groups in total. The summed E-state index contributed by atoms with van der Waals surface area (Å²) in [5.74, 6) is 0. The Hall–Kier alpha value is 0.180. The molecule has 1 fully saturated rings. The van der Waals surface area contributed by atoms with Crippen LogP contribution >= 0.6 is 11.6 Å². The topological polar surface area (TPSA) is 12.0 Å². The van der Waals surface area contributed by atoms with Gasteiger partial charge in [0.05, 0.1) is 0 Å². The quantitative estimate of drug-likeness (QED) is 0.654. The third-order valence-electron chi connectivity index (χ3n) is 2.63. The molecule has 2 unspecified atom stereocenters. The average Bonchev–Trinajstić information content (AvgIpc) is 1.97. The van der Waals surface area contributed by atoms with Gasteiger partial charge in [-0.1, -0.05) is 13.8 Å². The van der Waals surface area contributed by atoms with Gasteiger partial charge >= 0.3 is 0 Å². The molecule has 0 bridgehead atoms. The molecule has 0 radical (unpaired) electrons. The molecule has 0 amide bonds. The van der Waals surface area contributed by atoms with Crippen LogP contribution in [0.15, 0.2) is 0 Å². The largest absolute Gasteiger partial charge is 0.311 e. The van der Waals surface area contributed by atoms with Gasteiger partial charge in [0.15, 0.2) is 0 Å². The summed E-state index contributed by atoms with van der Waals surface area (Å²) in [6, 6.07) is 0.403. The van der Waals surface area contributed by atoms with E-state index in [2.05, 4.69) is 19.2 Å². The Kier molecular flexibility index (Phi) is 2.76. The Morgan fingerprint density at radius 1 is 1.64 bits per heavy atom. The first kappa shape index (κ1) is 9.27. The molecular weight excluding hydrogens is 165 g/mol. The lowest BCUT2D eigenvalue weighted by Gasteiger charge is -2.49. The Morgan fingerprint density at radius 3 is 2.64 bits per heavy atom. The van der Waals surface area contributed by atoms with Crippen molar-refractivity contribution in [2.75, 3.05) is 13.2 Å². The van der Waals surface area contributed by atoms with Crippen LogP contribution in [0, 0.1) is 5.41 Å². The summed E-state index contributed by atoms with van der Waals surface area (Å²) in [7, 11) is 0. The van der Waals surface area contributed by atoms with Crippen LogP contribution in [0.5, 0.6) is 0 Å². The molecule has 0 aromatic heterocycles. The minimum atomic E-state index is -0.292. The standard InChI is InChI=1S/C8H15ClFN/c1-8(2)6(9)5-7(8)11-4-3-10/h6-7,11H,3-5H2,1-2H3. The van der Waals surface area contributed by atoms with Crippen molar-refractivity contribution in [1.82, 2.24) is 5.32 Å². The summed E-state index contributed by atoms with van der Waals surface area (Å²) < 4.78 is 11.8. The lowest BCUT2D eigenvalue weighted by Crippen LogP contribution is -2.58. The first-order chi connectivity index (χ1) is 5.09. The van der Waals surface area contributed by atoms with E-state index in [1.165, 1.54) is 0 Å². The van der Waals surface area contributed by atoms with Crippen molar-refractivity contribution in [3.8, 4) is 0 Å². The lowest BCUT2D eigenvalue weighted by molar-refractivity contribution is 0.115. The van der Waals surface area contributed by atoms with Crippen LogP contribution in [-0.4, -0.2) is 24.6 Å². The van der Waals surface area contributed by atoms with Gasteiger partial charge in [0.2, 0.25) is 0 Å². The molecule has 1 aliphatic rings. The SMILES string of the molecule is CC1(C)C(Cl)CC1NCCF. The summed E-state index contributed by atoms with van der Waals surface area (Å²) in [6.45, 7) is 4.39. The second-order valence-electron chi connectivity index (χ2n) is 3.72. The summed E-state index contributed by atoms with van der Waals surface area (Å²) in [5, 5.41) is 3.38. The molecule has 0 spiro atoms. The summed E-state index contributed by atoms with van der Waals surface area (Å²) in [6.07, 6.45) is 0.967. The van der Waals surface area contributed by atoms with Gasteiger partial charge in [0, 0.05) is 18.0 Å². The van der Waals surface area contributed by atoms with E-state index in [9.17, 15) is 4.39 Å². The fourth-order valence-corrected chi connectivity index (χ4v) is 1.78. The van der Waals surface area contributed by atoms with E-state index in [0.29, 0.717) is 12.6 Å². The van der Waals surface area contributed by atoms with Gasteiger partial charge < -0.3 is 5.32 Å². The van der Waals surface area contributed by atoms with E-state index in [1.54, 1.807) is 0 Å². The van der Waals surface area contributed by atoms with Crippen LogP contribution in [0.1, 0.15) is 20.3 Å². The molecule has 11 heavy (non-hydrogen) atoms. The molecule has 1 aliphatic carbocycles. The zero-order chi connectivity index (χ0) is 8.48. The van der Waals surface area contributed by atoms with Gasteiger partial charge in [0.1, 0.15) is 6.67 Å². The van der Waals surface area contributed by atoms with Crippen molar-refractivity contribution < 1.29 is 4.39 Å². The van der Waals surface area contributed by atoms with E-state index in [1.807, 2.05) is 0 Å². The Bertz CT molecular complexity index is 138. The Labute approximate surface area is 72.3 Å². The van der Waals surface area contributed by atoms with Gasteiger partial charge in [-0.2, -0.15) is 0 Å². The molecule has 0 aliphatic heterocycles. The minimum absolute atomic E-state index is 0.136. The molecule has 3 heteroatoms. The second kappa shape index (κ2) is 3.28. The minimum Gasteiger partial charge on any atom is -0.311 e. The highest BCUT2D eigenvalue weighted by atomic mass is 35.5. The van der Waals surface area contributed by atoms with Gasteiger partial charge in [-0.05, 0) is 11.8 Å². The number of nitrogens with one attached hydrogen (secondary N) is 1. The van der Waals surface area contributed by atoms with Crippen molar-refractivity contribution >= 4 is 11.6 Å². The monoisotopic (exact) mass is 179 g/mol. The predicted octanol–water partition coefficient (Wildman–Crippen LogP) is 1.95. The molecule has 66 valence electrons. The molecule has 1 saturated carbocycles. The molecule has 2 atom stereocenters. The number of halogens is 2. The van der Waals surface area contributed by atoms with E-state index < -0.39 is 0 Å². The molecule has 0 saturated heterocycles. The molecular formula is C8H15ClFN. The Morgan fingerprint density at radius 2 is 2.27 bits per heavy atom. The maximum Gasteiger partial charge on any atom is 0.102 e. The van der Waals surface area contributed by atoms with Crippen molar-refractivity contribution in [2.24, 2.45) is 5.41 Å². The van der Waals surface area contributed by atoms with Gasteiger partial charge in [0.25, 0.3) is 0 Å². The summed E-state index contributed by atoms with van der Waals surface area (Å²) >= 11 is 5.98. The van der Waals surface area contributed by atoms with Crippen LogP contribution in [0.25, 0.3) is 0 Å². The molecule has 1 nitrogen and oxygen atoms in total. The maximum atomic E-state index is 11.8. The molecule has 1 rings (SSSR count). The van der Waals surface area contributed by atoms with E-state index in [4.69, 9.17) is 11.6 Å². The van der Waals surface area contributed by atoms with Gasteiger partial charge in [-0.15, -0.1) is 11.6 Å². The van der Waals surface area contributed by atoms with Crippen molar-refractivity contribution in [3.05, 3.63) is 0 Å². The first-order valence-corrected chi connectivity index (χ1v) is 4.46. The smallest absolute Gasteiger partial charge is 0.102 e.